The Morgan fingerprint density at radius 2 is 1.32 bits per heavy atom. The van der Waals surface area contributed by atoms with Crippen molar-refractivity contribution in [2.45, 2.75) is 98.6 Å². The first-order chi connectivity index (χ1) is 10.1. The summed E-state index contributed by atoms with van der Waals surface area (Å²) < 4.78 is 0. The average molecular weight is 311 g/mol. The van der Waals surface area contributed by atoms with Gasteiger partial charge in [0, 0.05) is 24.2 Å². The van der Waals surface area contributed by atoms with E-state index in [2.05, 4.69) is 77.3 Å². The molecule has 0 amide bonds. The van der Waals surface area contributed by atoms with Crippen LogP contribution in [0.15, 0.2) is 12.2 Å². The summed E-state index contributed by atoms with van der Waals surface area (Å²) in [5.41, 5.74) is 0.639. The second-order valence-corrected chi connectivity index (χ2v) is 8.43. The number of hydrogen-bond acceptors (Lipinski definition) is 2. The lowest BCUT2D eigenvalue weighted by Crippen LogP contribution is -2.44. The molecule has 0 saturated carbocycles. The third-order valence-electron chi connectivity index (χ3n) is 4.34. The second kappa shape index (κ2) is 10.4. The molecular formula is C20H42N2. The molecule has 0 N–H and O–H groups in total. The standard InChI is InChI=1S/C11H24N2.C9H18/c1-10(2,3)12-7-8-13(9-12)11(4,5)6;1-3-5-7-9-8-6-4-2/h7-9H2,1-6H3;3,5H,4,6-9H2,1-2H3. The predicted octanol–water partition coefficient (Wildman–Crippen LogP) is 5.69. The van der Waals surface area contributed by atoms with Gasteiger partial charge in [0.1, 0.15) is 0 Å². The predicted molar refractivity (Wildman–Crippen MR) is 101 cm³/mol. The molecule has 0 atom stereocenters. The van der Waals surface area contributed by atoms with Crippen molar-refractivity contribution >= 4 is 0 Å². The smallest absolute Gasteiger partial charge is 0.0516 e. The molecule has 0 unspecified atom stereocenters. The van der Waals surface area contributed by atoms with Crippen molar-refractivity contribution in [1.29, 1.82) is 0 Å². The van der Waals surface area contributed by atoms with Gasteiger partial charge in [0.15, 0.2) is 0 Å². The lowest BCUT2D eigenvalue weighted by Gasteiger charge is -2.35. The van der Waals surface area contributed by atoms with Gasteiger partial charge in [-0.25, -0.2) is 0 Å². The minimum Gasteiger partial charge on any atom is -0.284 e. The largest absolute Gasteiger partial charge is 0.284 e. The fourth-order valence-electron chi connectivity index (χ4n) is 2.54. The number of rotatable bonds is 5. The first-order valence-electron chi connectivity index (χ1n) is 9.24. The van der Waals surface area contributed by atoms with Crippen LogP contribution in [-0.2, 0) is 0 Å². The van der Waals surface area contributed by atoms with E-state index in [4.69, 9.17) is 0 Å². The van der Waals surface area contributed by atoms with Gasteiger partial charge < -0.3 is 0 Å². The monoisotopic (exact) mass is 310 g/mol. The minimum atomic E-state index is 0.319. The van der Waals surface area contributed by atoms with Crippen LogP contribution < -0.4 is 0 Å². The molecule has 132 valence electrons. The van der Waals surface area contributed by atoms with Crippen LogP contribution in [-0.4, -0.2) is 40.6 Å². The Morgan fingerprint density at radius 3 is 1.64 bits per heavy atom. The quantitative estimate of drug-likeness (QED) is 0.475. The Labute approximate surface area is 141 Å². The van der Waals surface area contributed by atoms with Crippen molar-refractivity contribution < 1.29 is 0 Å². The van der Waals surface area contributed by atoms with Crippen molar-refractivity contribution in [3.8, 4) is 0 Å². The Hall–Kier alpha value is -0.340. The highest BCUT2D eigenvalue weighted by Crippen LogP contribution is 2.23. The molecule has 1 heterocycles. The third kappa shape index (κ3) is 9.63. The molecule has 2 nitrogen and oxygen atoms in total. The maximum atomic E-state index is 2.54. The maximum absolute atomic E-state index is 2.54. The molecule has 1 aliphatic heterocycles. The molecule has 0 aromatic carbocycles. The lowest BCUT2D eigenvalue weighted by atomic mass is 10.1. The molecule has 1 saturated heterocycles. The first-order valence-corrected chi connectivity index (χ1v) is 9.24. The van der Waals surface area contributed by atoms with Gasteiger partial charge in [-0.1, -0.05) is 38.3 Å². The van der Waals surface area contributed by atoms with Gasteiger partial charge in [0.05, 0.1) is 6.67 Å². The molecule has 1 aliphatic rings. The Morgan fingerprint density at radius 1 is 0.818 bits per heavy atom. The van der Waals surface area contributed by atoms with Crippen molar-refractivity contribution in [1.82, 2.24) is 9.80 Å². The summed E-state index contributed by atoms with van der Waals surface area (Å²) in [4.78, 5) is 5.08. The van der Waals surface area contributed by atoms with Gasteiger partial charge in [0.2, 0.25) is 0 Å². The molecule has 1 rings (SSSR count). The van der Waals surface area contributed by atoms with E-state index in [0.29, 0.717) is 11.1 Å². The van der Waals surface area contributed by atoms with E-state index >= 15 is 0 Å². The maximum Gasteiger partial charge on any atom is 0.0516 e. The highest BCUT2D eigenvalue weighted by atomic mass is 15.4. The van der Waals surface area contributed by atoms with E-state index < -0.39 is 0 Å². The Kier molecular flexibility index (Phi) is 10.3. The second-order valence-electron chi connectivity index (χ2n) is 8.43. The van der Waals surface area contributed by atoms with Crippen molar-refractivity contribution in [3.63, 3.8) is 0 Å². The van der Waals surface area contributed by atoms with Gasteiger partial charge >= 0.3 is 0 Å². The lowest BCUT2D eigenvalue weighted by molar-refractivity contribution is 0.0959. The van der Waals surface area contributed by atoms with Crippen molar-refractivity contribution in [2.24, 2.45) is 0 Å². The van der Waals surface area contributed by atoms with E-state index in [0.717, 1.165) is 6.67 Å². The third-order valence-corrected chi connectivity index (χ3v) is 4.34. The molecule has 0 aliphatic carbocycles. The van der Waals surface area contributed by atoms with Crippen LogP contribution >= 0.6 is 0 Å². The Bertz CT molecular complexity index is 274. The highest BCUT2D eigenvalue weighted by Gasteiger charge is 2.33. The fourth-order valence-corrected chi connectivity index (χ4v) is 2.54. The van der Waals surface area contributed by atoms with Crippen LogP contribution in [0.4, 0.5) is 0 Å². The molecule has 0 aromatic rings. The molecule has 0 radical (unpaired) electrons. The number of hydrogen-bond donors (Lipinski definition) is 0. The van der Waals surface area contributed by atoms with Crippen LogP contribution in [0.5, 0.6) is 0 Å². The molecule has 0 aromatic heterocycles. The SMILES string of the molecule is CC(C)(C)N1CCN(C(C)(C)C)C1.CC=CCCCCCC. The fraction of sp³-hybridized carbons (Fsp3) is 0.900. The highest BCUT2D eigenvalue weighted by molar-refractivity contribution is 4.87. The normalized spacial score (nSPS) is 17.8. The van der Waals surface area contributed by atoms with E-state index in [1.807, 2.05) is 0 Å². The number of unbranched alkanes of at least 4 members (excludes halogenated alkanes) is 4. The van der Waals surface area contributed by atoms with E-state index in [-0.39, 0.29) is 0 Å². The zero-order valence-electron chi connectivity index (χ0n) is 16.7. The van der Waals surface area contributed by atoms with Crippen LogP contribution in [0.1, 0.15) is 87.5 Å². The summed E-state index contributed by atoms with van der Waals surface area (Å²) in [5, 5.41) is 0. The molecule has 22 heavy (non-hydrogen) atoms. The van der Waals surface area contributed by atoms with Crippen LogP contribution in [0, 0.1) is 0 Å². The van der Waals surface area contributed by atoms with E-state index in [1.165, 1.54) is 45.2 Å². The molecule has 0 spiro atoms. The van der Waals surface area contributed by atoms with Crippen LogP contribution in [0.2, 0.25) is 0 Å². The van der Waals surface area contributed by atoms with Gasteiger partial charge in [-0.2, -0.15) is 0 Å². The summed E-state index contributed by atoms with van der Waals surface area (Å²) in [6.45, 7) is 21.6. The summed E-state index contributed by atoms with van der Waals surface area (Å²) in [6, 6.07) is 0. The van der Waals surface area contributed by atoms with Crippen LogP contribution in [0.3, 0.4) is 0 Å². The minimum absolute atomic E-state index is 0.319. The van der Waals surface area contributed by atoms with Gasteiger partial charge in [-0.05, 0) is 61.3 Å². The van der Waals surface area contributed by atoms with Gasteiger partial charge in [-0.15, -0.1) is 0 Å². The summed E-state index contributed by atoms with van der Waals surface area (Å²) in [6.07, 6.45) is 11.2. The van der Waals surface area contributed by atoms with Crippen LogP contribution in [0.25, 0.3) is 0 Å². The first kappa shape index (κ1) is 21.7. The summed E-state index contributed by atoms with van der Waals surface area (Å²) in [7, 11) is 0. The van der Waals surface area contributed by atoms with E-state index in [9.17, 15) is 0 Å². The molecular weight excluding hydrogens is 268 g/mol. The molecule has 2 heteroatoms. The number of nitrogens with zero attached hydrogens (tertiary/aromatic N) is 2. The topological polar surface area (TPSA) is 6.48 Å². The molecule has 0 bridgehead atoms. The van der Waals surface area contributed by atoms with E-state index in [1.54, 1.807) is 0 Å². The van der Waals surface area contributed by atoms with Gasteiger partial charge in [0.25, 0.3) is 0 Å². The van der Waals surface area contributed by atoms with Gasteiger partial charge in [-0.3, -0.25) is 9.80 Å². The van der Waals surface area contributed by atoms with Crippen molar-refractivity contribution in [2.75, 3.05) is 19.8 Å². The number of allylic oxidation sites excluding steroid dienone is 2. The molecule has 1 fully saturated rings. The zero-order valence-corrected chi connectivity index (χ0v) is 16.7. The zero-order chi connectivity index (χ0) is 17.2. The summed E-state index contributed by atoms with van der Waals surface area (Å²) >= 11 is 0. The summed E-state index contributed by atoms with van der Waals surface area (Å²) in [5.74, 6) is 0. The average Bonchev–Trinajstić information content (AvgIpc) is 2.89. The van der Waals surface area contributed by atoms with Crippen molar-refractivity contribution in [3.05, 3.63) is 12.2 Å². The Balaban J connectivity index is 0.000000433.